The fourth-order valence-corrected chi connectivity index (χ4v) is 2.93. The Morgan fingerprint density at radius 1 is 1.10 bits per heavy atom. The van der Waals surface area contributed by atoms with Crippen molar-refractivity contribution in [3.05, 3.63) is 88.1 Å². The zero-order valence-corrected chi connectivity index (χ0v) is 15.3. The van der Waals surface area contributed by atoms with Gasteiger partial charge in [-0.25, -0.2) is 13.9 Å². The van der Waals surface area contributed by atoms with Crippen LogP contribution in [0.3, 0.4) is 0 Å². The SMILES string of the molecule is CC(=O)c1cccc(NC(=O)c2c[nH]n3c(=O)cc(-c4ccc(F)cc4)nc23)c1. The molecule has 4 aromatic rings. The second kappa shape index (κ2) is 7.16. The smallest absolute Gasteiger partial charge is 0.273 e. The van der Waals surface area contributed by atoms with Crippen molar-refractivity contribution < 1.29 is 14.0 Å². The van der Waals surface area contributed by atoms with E-state index in [4.69, 9.17) is 0 Å². The summed E-state index contributed by atoms with van der Waals surface area (Å²) in [5, 5.41) is 5.41. The van der Waals surface area contributed by atoms with Gasteiger partial charge in [0, 0.05) is 29.1 Å². The summed E-state index contributed by atoms with van der Waals surface area (Å²) < 4.78 is 14.3. The van der Waals surface area contributed by atoms with E-state index in [0.717, 1.165) is 4.52 Å². The molecule has 8 heteroatoms. The largest absolute Gasteiger partial charge is 0.322 e. The van der Waals surface area contributed by atoms with E-state index in [0.29, 0.717) is 22.5 Å². The van der Waals surface area contributed by atoms with E-state index in [-0.39, 0.29) is 17.0 Å². The standard InChI is InChI=1S/C21H15FN4O3/c1-12(27)14-3-2-4-16(9-14)24-21(29)17-11-23-26-19(28)10-18(25-20(17)26)13-5-7-15(22)8-6-13/h2-11,23H,1H3,(H,24,29). The second-order valence-electron chi connectivity index (χ2n) is 6.42. The molecule has 0 aliphatic rings. The Kier molecular flexibility index (Phi) is 4.52. The topological polar surface area (TPSA) is 96.3 Å². The lowest BCUT2D eigenvalue weighted by Crippen LogP contribution is -2.17. The van der Waals surface area contributed by atoms with Crippen molar-refractivity contribution in [3.8, 4) is 11.3 Å². The van der Waals surface area contributed by atoms with Gasteiger partial charge in [-0.1, -0.05) is 12.1 Å². The van der Waals surface area contributed by atoms with Crippen molar-refractivity contribution in [1.82, 2.24) is 14.6 Å². The summed E-state index contributed by atoms with van der Waals surface area (Å²) in [6.45, 7) is 1.44. The van der Waals surface area contributed by atoms with Crippen molar-refractivity contribution in [1.29, 1.82) is 0 Å². The van der Waals surface area contributed by atoms with Crippen LogP contribution in [0.2, 0.25) is 0 Å². The van der Waals surface area contributed by atoms with Gasteiger partial charge in [0.25, 0.3) is 11.5 Å². The molecular formula is C21H15FN4O3. The van der Waals surface area contributed by atoms with Crippen LogP contribution in [0.1, 0.15) is 27.6 Å². The van der Waals surface area contributed by atoms with Gasteiger partial charge in [-0.2, -0.15) is 0 Å². The Hall–Kier alpha value is -4.07. The van der Waals surface area contributed by atoms with Crippen molar-refractivity contribution in [3.63, 3.8) is 0 Å². The number of halogens is 1. The first kappa shape index (κ1) is 18.3. The molecule has 2 heterocycles. The zero-order chi connectivity index (χ0) is 20.5. The highest BCUT2D eigenvalue weighted by atomic mass is 19.1. The number of carbonyl (C=O) groups is 2. The summed E-state index contributed by atoms with van der Waals surface area (Å²) in [7, 11) is 0. The molecule has 0 saturated carbocycles. The van der Waals surface area contributed by atoms with E-state index >= 15 is 0 Å². The highest BCUT2D eigenvalue weighted by molar-refractivity contribution is 6.08. The molecule has 2 N–H and O–H groups in total. The highest BCUT2D eigenvalue weighted by Crippen LogP contribution is 2.19. The van der Waals surface area contributed by atoms with Gasteiger partial charge in [0.1, 0.15) is 11.4 Å². The van der Waals surface area contributed by atoms with Crippen LogP contribution in [0.4, 0.5) is 10.1 Å². The first-order chi connectivity index (χ1) is 13.9. The van der Waals surface area contributed by atoms with Crippen molar-refractivity contribution in [2.75, 3.05) is 5.32 Å². The summed E-state index contributed by atoms with van der Waals surface area (Å²) in [4.78, 5) is 41.1. The molecule has 0 fully saturated rings. The van der Waals surface area contributed by atoms with Gasteiger partial charge in [-0.3, -0.25) is 19.5 Å². The Labute approximate surface area is 163 Å². The number of carbonyl (C=O) groups excluding carboxylic acids is 2. The van der Waals surface area contributed by atoms with E-state index < -0.39 is 17.3 Å². The fraction of sp³-hybridized carbons (Fsp3) is 0.0476. The molecule has 1 amide bonds. The Bertz CT molecular complexity index is 1310. The average molecular weight is 390 g/mol. The van der Waals surface area contributed by atoms with Crippen LogP contribution >= 0.6 is 0 Å². The summed E-state index contributed by atoms with van der Waals surface area (Å²) >= 11 is 0. The van der Waals surface area contributed by atoms with Gasteiger partial charge < -0.3 is 5.32 Å². The number of H-pyrrole nitrogens is 1. The first-order valence-corrected chi connectivity index (χ1v) is 8.72. The number of Topliss-reactive ketones (excluding diaryl/α,β-unsaturated/α-hetero) is 1. The molecule has 0 atom stereocenters. The van der Waals surface area contributed by atoms with Crippen LogP contribution in [0.25, 0.3) is 16.9 Å². The molecule has 0 radical (unpaired) electrons. The molecule has 0 aliphatic heterocycles. The molecule has 0 bridgehead atoms. The van der Waals surface area contributed by atoms with Crippen molar-refractivity contribution in [2.45, 2.75) is 6.92 Å². The number of rotatable bonds is 4. The Balaban J connectivity index is 1.73. The van der Waals surface area contributed by atoms with Crippen LogP contribution in [0.5, 0.6) is 0 Å². The number of ketones is 1. The zero-order valence-electron chi connectivity index (χ0n) is 15.3. The fourth-order valence-electron chi connectivity index (χ4n) is 2.93. The number of benzene rings is 2. The van der Waals surface area contributed by atoms with Gasteiger partial charge in [-0.15, -0.1) is 0 Å². The number of aromatic nitrogens is 3. The van der Waals surface area contributed by atoms with E-state index in [1.807, 2.05) is 0 Å². The maximum Gasteiger partial charge on any atom is 0.273 e. The Morgan fingerprint density at radius 3 is 2.59 bits per heavy atom. The summed E-state index contributed by atoms with van der Waals surface area (Å²) in [6, 6.07) is 13.4. The predicted molar refractivity (Wildman–Crippen MR) is 106 cm³/mol. The third-order valence-corrected chi connectivity index (χ3v) is 4.41. The van der Waals surface area contributed by atoms with E-state index in [9.17, 15) is 18.8 Å². The van der Waals surface area contributed by atoms with E-state index in [2.05, 4.69) is 15.4 Å². The van der Waals surface area contributed by atoms with E-state index in [1.54, 1.807) is 24.3 Å². The quantitative estimate of drug-likeness (QED) is 0.523. The molecular weight excluding hydrogens is 375 g/mol. The molecule has 0 unspecified atom stereocenters. The molecule has 144 valence electrons. The van der Waals surface area contributed by atoms with Crippen LogP contribution in [0, 0.1) is 5.82 Å². The lowest BCUT2D eigenvalue weighted by molar-refractivity contribution is 0.101. The minimum atomic E-state index is -0.493. The molecule has 2 aromatic carbocycles. The third kappa shape index (κ3) is 3.55. The first-order valence-electron chi connectivity index (χ1n) is 8.72. The number of amides is 1. The van der Waals surface area contributed by atoms with Crippen LogP contribution in [-0.4, -0.2) is 26.3 Å². The lowest BCUT2D eigenvalue weighted by Gasteiger charge is -2.06. The van der Waals surface area contributed by atoms with Crippen molar-refractivity contribution in [2.24, 2.45) is 0 Å². The molecule has 4 rings (SSSR count). The normalized spacial score (nSPS) is 10.8. The maximum atomic E-state index is 13.2. The molecule has 7 nitrogen and oxygen atoms in total. The highest BCUT2D eigenvalue weighted by Gasteiger charge is 2.17. The van der Waals surface area contributed by atoms with Crippen molar-refractivity contribution >= 4 is 23.0 Å². The third-order valence-electron chi connectivity index (χ3n) is 4.41. The number of aromatic amines is 1. The molecule has 29 heavy (non-hydrogen) atoms. The molecule has 2 aromatic heterocycles. The van der Waals surface area contributed by atoms with Gasteiger partial charge in [0.05, 0.1) is 5.69 Å². The monoisotopic (exact) mass is 390 g/mol. The van der Waals surface area contributed by atoms with Crippen LogP contribution in [0.15, 0.2) is 65.6 Å². The number of nitrogens with one attached hydrogen (secondary N) is 2. The number of hydrogen-bond donors (Lipinski definition) is 2. The molecule has 0 spiro atoms. The average Bonchev–Trinajstić information content (AvgIpc) is 3.13. The van der Waals surface area contributed by atoms with Crippen LogP contribution in [-0.2, 0) is 0 Å². The van der Waals surface area contributed by atoms with Gasteiger partial charge in [-0.05, 0) is 43.3 Å². The Morgan fingerprint density at radius 2 is 1.86 bits per heavy atom. The number of anilines is 1. The number of nitrogens with zero attached hydrogens (tertiary/aromatic N) is 2. The van der Waals surface area contributed by atoms with Crippen LogP contribution < -0.4 is 10.9 Å². The van der Waals surface area contributed by atoms with Gasteiger partial charge in [0.15, 0.2) is 11.4 Å². The summed E-state index contributed by atoms with van der Waals surface area (Å²) in [5.41, 5.74) is 1.66. The summed E-state index contributed by atoms with van der Waals surface area (Å²) in [6.07, 6.45) is 1.38. The predicted octanol–water partition coefficient (Wildman–Crippen LogP) is 3.28. The van der Waals surface area contributed by atoms with E-state index in [1.165, 1.54) is 43.5 Å². The number of hydrogen-bond acceptors (Lipinski definition) is 4. The van der Waals surface area contributed by atoms with Gasteiger partial charge >= 0.3 is 0 Å². The molecule has 0 aliphatic carbocycles. The second-order valence-corrected chi connectivity index (χ2v) is 6.42. The van der Waals surface area contributed by atoms with Gasteiger partial charge in [0.2, 0.25) is 0 Å². The lowest BCUT2D eigenvalue weighted by atomic mass is 10.1. The maximum absolute atomic E-state index is 13.2. The summed E-state index contributed by atoms with van der Waals surface area (Å²) in [5.74, 6) is -1.01. The molecule has 0 saturated heterocycles. The minimum Gasteiger partial charge on any atom is -0.322 e. The minimum absolute atomic E-state index is 0.120. The number of fused-ring (bicyclic) bond motifs is 1.